The van der Waals surface area contributed by atoms with Gasteiger partial charge in [0.25, 0.3) is 0 Å². The number of ether oxygens (including phenoxy) is 3. The third-order valence-electron chi connectivity index (χ3n) is 14.6. The molecule has 0 saturated heterocycles. The Morgan fingerprint density at radius 3 is 0.783 bits per heavy atom. The van der Waals surface area contributed by atoms with Gasteiger partial charge in [0.15, 0.2) is 6.10 Å². The van der Waals surface area contributed by atoms with Gasteiger partial charge in [-0.05, 0) is 128 Å². The van der Waals surface area contributed by atoms with Crippen LogP contribution in [0, 0.1) is 0 Å². The van der Waals surface area contributed by atoms with Crippen LogP contribution in [0.15, 0.2) is 134 Å². The van der Waals surface area contributed by atoms with Gasteiger partial charge in [-0.25, -0.2) is 0 Å². The van der Waals surface area contributed by atoms with Gasteiger partial charge in [-0.2, -0.15) is 0 Å². The maximum Gasteiger partial charge on any atom is 0.306 e. The summed E-state index contributed by atoms with van der Waals surface area (Å²) in [5.41, 5.74) is 0. The summed E-state index contributed by atoms with van der Waals surface area (Å²) in [5.74, 6) is -0.958. The molecule has 0 aliphatic carbocycles. The van der Waals surface area contributed by atoms with Crippen molar-refractivity contribution >= 4 is 17.9 Å². The average Bonchev–Trinajstić information content (AvgIpc) is 3.49. The summed E-state index contributed by atoms with van der Waals surface area (Å²) >= 11 is 0. The SMILES string of the molecule is CC/C=C\C/C=C\C/C=C\C/C=C\C/C=C\CCCC(=O)OCC(COC(=O)CCCCCCCCCCCCCCC/C=C\C/C=C\CCCCCCC)OC(=O)CCCCCCCCCCCC/C=C\C/C=C\C/C=C\C/C=C\CC. The highest BCUT2D eigenvalue weighted by Crippen LogP contribution is 2.16. The molecule has 1 unspecified atom stereocenters. The smallest absolute Gasteiger partial charge is 0.306 e. The van der Waals surface area contributed by atoms with Crippen molar-refractivity contribution in [3.05, 3.63) is 134 Å². The molecular formula is C77H128O6. The molecule has 6 nitrogen and oxygen atoms in total. The molecule has 0 heterocycles. The van der Waals surface area contributed by atoms with E-state index in [9.17, 15) is 14.4 Å². The highest BCUT2D eigenvalue weighted by Gasteiger charge is 2.19. The lowest BCUT2D eigenvalue weighted by Gasteiger charge is -2.18. The van der Waals surface area contributed by atoms with E-state index < -0.39 is 6.10 Å². The molecule has 83 heavy (non-hydrogen) atoms. The Kier molecular flexibility index (Phi) is 66.3. The van der Waals surface area contributed by atoms with E-state index in [-0.39, 0.29) is 37.5 Å². The highest BCUT2D eigenvalue weighted by molar-refractivity contribution is 5.71. The number of carbonyl (C=O) groups is 3. The molecule has 0 bridgehead atoms. The lowest BCUT2D eigenvalue weighted by atomic mass is 10.0. The zero-order chi connectivity index (χ0) is 59.9. The number of hydrogen-bond acceptors (Lipinski definition) is 6. The van der Waals surface area contributed by atoms with Crippen LogP contribution < -0.4 is 0 Å². The molecule has 0 rings (SSSR count). The predicted octanol–water partition coefficient (Wildman–Crippen LogP) is 24.1. The molecule has 472 valence electrons. The van der Waals surface area contributed by atoms with Crippen molar-refractivity contribution in [3.8, 4) is 0 Å². The maximum atomic E-state index is 13.0. The molecule has 0 N–H and O–H groups in total. The van der Waals surface area contributed by atoms with Crippen molar-refractivity contribution in [3.63, 3.8) is 0 Å². The third kappa shape index (κ3) is 68.2. The summed E-state index contributed by atoms with van der Waals surface area (Å²) < 4.78 is 16.9. The molecule has 0 aromatic rings. The lowest BCUT2D eigenvalue weighted by molar-refractivity contribution is -0.167. The predicted molar refractivity (Wildman–Crippen MR) is 362 cm³/mol. The topological polar surface area (TPSA) is 78.9 Å². The first-order valence-corrected chi connectivity index (χ1v) is 34.7. The van der Waals surface area contributed by atoms with E-state index in [2.05, 4.69) is 154 Å². The summed E-state index contributed by atoms with van der Waals surface area (Å²) in [6.45, 7) is 6.38. The molecule has 0 aromatic heterocycles. The Hall–Kier alpha value is -4.45. The van der Waals surface area contributed by atoms with E-state index in [1.165, 1.54) is 161 Å². The molecule has 0 aliphatic rings. The van der Waals surface area contributed by atoms with Crippen molar-refractivity contribution in [1.29, 1.82) is 0 Å². The summed E-state index contributed by atoms with van der Waals surface area (Å²) in [7, 11) is 0. The summed E-state index contributed by atoms with van der Waals surface area (Å²) in [5, 5.41) is 0. The first kappa shape index (κ1) is 78.5. The molecule has 0 spiro atoms. The zero-order valence-corrected chi connectivity index (χ0v) is 54.2. The second-order valence-corrected chi connectivity index (χ2v) is 22.7. The van der Waals surface area contributed by atoms with Gasteiger partial charge in [0.05, 0.1) is 0 Å². The van der Waals surface area contributed by atoms with Crippen LogP contribution in [0.25, 0.3) is 0 Å². The van der Waals surface area contributed by atoms with E-state index in [0.29, 0.717) is 19.3 Å². The Morgan fingerprint density at radius 1 is 0.253 bits per heavy atom. The monoisotopic (exact) mass is 1150 g/mol. The van der Waals surface area contributed by atoms with Crippen LogP contribution in [0.4, 0.5) is 0 Å². The molecule has 0 aromatic carbocycles. The maximum absolute atomic E-state index is 13.0. The largest absolute Gasteiger partial charge is 0.462 e. The van der Waals surface area contributed by atoms with Crippen LogP contribution in [0.1, 0.15) is 316 Å². The molecule has 0 fully saturated rings. The summed E-state index contributed by atoms with van der Waals surface area (Å²) in [6, 6.07) is 0. The molecule has 0 radical (unpaired) electrons. The minimum absolute atomic E-state index is 0.100. The fourth-order valence-corrected chi connectivity index (χ4v) is 9.50. The Balaban J connectivity index is 4.42. The second-order valence-electron chi connectivity index (χ2n) is 22.7. The van der Waals surface area contributed by atoms with Crippen molar-refractivity contribution in [2.24, 2.45) is 0 Å². The second kappa shape index (κ2) is 70.0. The molecule has 0 amide bonds. The van der Waals surface area contributed by atoms with Gasteiger partial charge < -0.3 is 14.2 Å². The fourth-order valence-electron chi connectivity index (χ4n) is 9.50. The number of allylic oxidation sites excluding steroid dienone is 22. The molecule has 6 heteroatoms. The van der Waals surface area contributed by atoms with Gasteiger partial charge in [0, 0.05) is 19.3 Å². The summed E-state index contributed by atoms with van der Waals surface area (Å²) in [6.07, 6.45) is 99.0. The number of esters is 3. The van der Waals surface area contributed by atoms with Crippen LogP contribution in [0.3, 0.4) is 0 Å². The molecule has 1 atom stereocenters. The first-order valence-electron chi connectivity index (χ1n) is 34.7. The fraction of sp³-hybridized carbons (Fsp3) is 0.675. The minimum Gasteiger partial charge on any atom is -0.462 e. The van der Waals surface area contributed by atoms with Crippen molar-refractivity contribution < 1.29 is 28.6 Å². The van der Waals surface area contributed by atoms with Crippen LogP contribution in [-0.4, -0.2) is 37.2 Å². The van der Waals surface area contributed by atoms with Crippen molar-refractivity contribution in [2.75, 3.05) is 13.2 Å². The summed E-state index contributed by atoms with van der Waals surface area (Å²) in [4.78, 5) is 38.4. The van der Waals surface area contributed by atoms with Crippen molar-refractivity contribution in [2.45, 2.75) is 322 Å². The van der Waals surface area contributed by atoms with Crippen LogP contribution in [0.2, 0.25) is 0 Å². The van der Waals surface area contributed by atoms with Crippen molar-refractivity contribution in [1.82, 2.24) is 0 Å². The van der Waals surface area contributed by atoms with Crippen LogP contribution in [0.5, 0.6) is 0 Å². The van der Waals surface area contributed by atoms with Gasteiger partial charge in [-0.3, -0.25) is 14.4 Å². The van der Waals surface area contributed by atoms with Gasteiger partial charge in [-0.1, -0.05) is 302 Å². The number of hydrogen-bond donors (Lipinski definition) is 0. The van der Waals surface area contributed by atoms with Gasteiger partial charge in [-0.15, -0.1) is 0 Å². The Morgan fingerprint density at radius 2 is 0.482 bits per heavy atom. The van der Waals surface area contributed by atoms with E-state index in [0.717, 1.165) is 109 Å². The average molecular weight is 1150 g/mol. The lowest BCUT2D eigenvalue weighted by Crippen LogP contribution is -2.30. The van der Waals surface area contributed by atoms with Gasteiger partial charge in [0.2, 0.25) is 0 Å². The zero-order valence-electron chi connectivity index (χ0n) is 54.2. The van der Waals surface area contributed by atoms with E-state index in [1.807, 2.05) is 0 Å². The minimum atomic E-state index is -0.810. The number of carbonyl (C=O) groups excluding carboxylic acids is 3. The Bertz CT molecular complexity index is 1750. The van der Waals surface area contributed by atoms with Gasteiger partial charge >= 0.3 is 17.9 Å². The van der Waals surface area contributed by atoms with E-state index in [1.54, 1.807) is 0 Å². The molecule has 0 saturated carbocycles. The quantitative estimate of drug-likeness (QED) is 0.0261. The van der Waals surface area contributed by atoms with E-state index in [4.69, 9.17) is 14.2 Å². The first-order chi connectivity index (χ1) is 41.0. The van der Waals surface area contributed by atoms with Crippen LogP contribution >= 0.6 is 0 Å². The van der Waals surface area contributed by atoms with E-state index >= 15 is 0 Å². The Labute approximate surface area is 513 Å². The van der Waals surface area contributed by atoms with Crippen LogP contribution in [-0.2, 0) is 28.6 Å². The number of rotatable bonds is 62. The third-order valence-corrected chi connectivity index (χ3v) is 14.6. The highest BCUT2D eigenvalue weighted by atomic mass is 16.6. The van der Waals surface area contributed by atoms with Gasteiger partial charge in [0.1, 0.15) is 13.2 Å². The molecular weight excluding hydrogens is 1020 g/mol. The molecule has 0 aliphatic heterocycles. The standard InChI is InChI=1S/C77H128O6/c1-4-7-10-13-16-19-22-25-28-31-33-35-37-38-40-41-43-46-49-52-55-58-61-64-67-70-76(79)82-73-74(72-81-75(78)69-66-63-60-57-54-51-48-45-30-27-24-21-18-15-12-9-6-3)83-77(80)71-68-65-62-59-56-53-50-47-44-42-39-36-34-32-29-26-23-20-17-14-11-8-5-2/h8-9,11-12,17-18,20-22,25-27,29-31,33-34,36,48,51,57,60,74H,4-7,10,13-16,19,23-24,28,32,35,37-47,49-50,52-56,58-59,61-73H2,1-3H3/b11-8-,12-9-,20-17-,21-18-,25-22-,29-26-,30-27-,33-31-,36-34-,51-48-,60-57-. The normalized spacial score (nSPS) is 13.0. The number of unbranched alkanes of at least 4 members (excludes halogenated alkanes) is 29.